The lowest BCUT2D eigenvalue weighted by atomic mass is 9.74. The highest BCUT2D eigenvalue weighted by Crippen LogP contribution is 2.39. The number of Topliss-reactive ketones (excluding diaryl/α,β-unsaturated/α-hetero) is 1. The van der Waals surface area contributed by atoms with Crippen molar-refractivity contribution in [2.75, 3.05) is 31.1 Å². The number of carboxylic acids is 1. The van der Waals surface area contributed by atoms with Crippen molar-refractivity contribution in [2.24, 2.45) is 11.3 Å². The van der Waals surface area contributed by atoms with Gasteiger partial charge in [-0.15, -0.1) is 0 Å². The third kappa shape index (κ3) is 8.07. The Morgan fingerprint density at radius 1 is 0.956 bits per heavy atom. The summed E-state index contributed by atoms with van der Waals surface area (Å²) in [6.07, 6.45) is 2.24. The Morgan fingerprint density at radius 2 is 1.69 bits per heavy atom. The van der Waals surface area contributed by atoms with E-state index in [1.807, 2.05) is 37.3 Å². The average Bonchev–Trinajstić information content (AvgIpc) is 3.27. The van der Waals surface area contributed by atoms with E-state index < -0.39 is 11.4 Å². The Bertz CT molecular complexity index is 1520. The maximum atomic E-state index is 14.1. The number of hydrogen-bond acceptors (Lipinski definition) is 4. The molecule has 3 aromatic rings. The molecule has 238 valence electrons. The van der Waals surface area contributed by atoms with Gasteiger partial charge in [0.25, 0.3) is 0 Å². The molecule has 2 aliphatic heterocycles. The number of aliphatic carboxylic acids is 1. The van der Waals surface area contributed by atoms with Gasteiger partial charge in [0.1, 0.15) is 5.78 Å². The summed E-state index contributed by atoms with van der Waals surface area (Å²) in [6.45, 7) is 6.33. The Kier molecular flexibility index (Phi) is 10.5. The fourth-order valence-corrected chi connectivity index (χ4v) is 7.36. The molecule has 0 saturated carbocycles. The molecule has 2 saturated heterocycles. The van der Waals surface area contributed by atoms with Gasteiger partial charge in [-0.25, -0.2) is 4.79 Å². The monoisotopic (exact) mass is 649 g/mol. The van der Waals surface area contributed by atoms with E-state index in [1.165, 1.54) is 5.56 Å². The van der Waals surface area contributed by atoms with Crippen molar-refractivity contribution in [1.29, 1.82) is 0 Å². The first-order valence-electron chi connectivity index (χ1n) is 15.6. The van der Waals surface area contributed by atoms with E-state index in [1.54, 1.807) is 28.0 Å². The lowest BCUT2D eigenvalue weighted by molar-refractivity contribution is -0.141. The zero-order chi connectivity index (χ0) is 32.1. The number of ketones is 1. The second-order valence-electron chi connectivity index (χ2n) is 12.8. The highest BCUT2D eigenvalue weighted by atomic mass is 35.5. The summed E-state index contributed by atoms with van der Waals surface area (Å²) in [7, 11) is 0. The highest BCUT2D eigenvalue weighted by molar-refractivity contribution is 6.35. The van der Waals surface area contributed by atoms with E-state index in [0.717, 1.165) is 37.9 Å². The van der Waals surface area contributed by atoms with Gasteiger partial charge < -0.3 is 10.0 Å². The minimum Gasteiger partial charge on any atom is -0.481 e. The number of benzene rings is 3. The van der Waals surface area contributed by atoms with Gasteiger partial charge in [0.2, 0.25) is 0 Å². The summed E-state index contributed by atoms with van der Waals surface area (Å²) in [5.41, 5.74) is 2.69. The van der Waals surface area contributed by atoms with Gasteiger partial charge in [-0.1, -0.05) is 77.3 Å². The molecule has 3 atom stereocenters. The van der Waals surface area contributed by atoms with Crippen LogP contribution < -0.4 is 4.90 Å². The van der Waals surface area contributed by atoms with Crippen molar-refractivity contribution in [3.63, 3.8) is 0 Å². The molecule has 9 heteroatoms. The molecule has 0 spiro atoms. The van der Waals surface area contributed by atoms with Crippen molar-refractivity contribution in [2.45, 2.75) is 58.5 Å². The van der Waals surface area contributed by atoms with E-state index in [2.05, 4.69) is 36.1 Å². The predicted octanol–water partition coefficient (Wildman–Crippen LogP) is 8.03. The molecule has 7 nitrogen and oxygen atoms in total. The summed E-state index contributed by atoms with van der Waals surface area (Å²) in [6, 6.07) is 23.1. The third-order valence-corrected chi connectivity index (χ3v) is 9.95. The van der Waals surface area contributed by atoms with Crippen molar-refractivity contribution >= 4 is 46.7 Å². The fourth-order valence-electron chi connectivity index (χ4n) is 6.89. The number of carboxylic acid groups (broad SMARTS) is 1. The minimum atomic E-state index is -0.991. The summed E-state index contributed by atoms with van der Waals surface area (Å²) in [4.78, 5) is 46.1. The van der Waals surface area contributed by atoms with Crippen LogP contribution in [0.25, 0.3) is 0 Å². The van der Waals surface area contributed by atoms with Crippen molar-refractivity contribution in [3.05, 3.63) is 99.5 Å². The van der Waals surface area contributed by atoms with E-state index in [9.17, 15) is 19.5 Å². The number of urea groups is 1. The van der Waals surface area contributed by atoms with Crippen LogP contribution in [-0.4, -0.2) is 58.9 Å². The average molecular weight is 651 g/mol. The van der Waals surface area contributed by atoms with Crippen LogP contribution in [0.5, 0.6) is 0 Å². The predicted molar refractivity (Wildman–Crippen MR) is 179 cm³/mol. The molecule has 2 amide bonds. The summed E-state index contributed by atoms with van der Waals surface area (Å²) in [5.74, 6) is -1.07. The number of carbonyl (C=O) groups excluding carboxylic acids is 2. The van der Waals surface area contributed by atoms with E-state index >= 15 is 0 Å². The first-order valence-corrected chi connectivity index (χ1v) is 16.4. The number of aryl methyl sites for hydroxylation is 1. The SMILES string of the molecule is Cc1ccc(N2CC(CC(=O)O)(CC(=O)C3CCCN(C(C)c4ccccc4)CC3)CN(Cc3ccc(Cl)cc3Cl)C2=O)cc1. The van der Waals surface area contributed by atoms with Gasteiger partial charge in [-0.05, 0) is 81.6 Å². The van der Waals surface area contributed by atoms with Gasteiger partial charge in [-0.3, -0.25) is 19.4 Å². The Labute approximate surface area is 275 Å². The highest BCUT2D eigenvalue weighted by Gasteiger charge is 2.47. The van der Waals surface area contributed by atoms with Crippen LogP contribution in [0.15, 0.2) is 72.8 Å². The van der Waals surface area contributed by atoms with Gasteiger partial charge >= 0.3 is 12.0 Å². The Balaban J connectivity index is 1.40. The molecule has 2 heterocycles. The molecule has 0 aliphatic carbocycles. The Hall–Kier alpha value is -3.39. The molecule has 45 heavy (non-hydrogen) atoms. The largest absolute Gasteiger partial charge is 0.481 e. The number of anilines is 1. The van der Waals surface area contributed by atoms with Gasteiger partial charge in [0.15, 0.2) is 0 Å². The van der Waals surface area contributed by atoms with Crippen LogP contribution in [0.1, 0.15) is 61.8 Å². The zero-order valence-corrected chi connectivity index (χ0v) is 27.4. The molecule has 2 fully saturated rings. The van der Waals surface area contributed by atoms with Crippen LogP contribution in [0, 0.1) is 18.3 Å². The quantitative estimate of drug-likeness (QED) is 0.240. The van der Waals surface area contributed by atoms with Crippen molar-refractivity contribution < 1.29 is 19.5 Å². The number of halogens is 2. The first-order chi connectivity index (χ1) is 21.5. The third-order valence-electron chi connectivity index (χ3n) is 9.37. The molecular formula is C36H41Cl2N3O4. The maximum absolute atomic E-state index is 14.1. The summed E-state index contributed by atoms with van der Waals surface area (Å²) in [5, 5.41) is 11.1. The maximum Gasteiger partial charge on any atom is 0.324 e. The molecular weight excluding hydrogens is 609 g/mol. The topological polar surface area (TPSA) is 81.2 Å². The standard InChI is InChI=1S/C36H41Cl2N3O4/c1-25-10-14-31(15-11-25)41-24-36(21-34(43)44,23-40(35(41)45)22-29-12-13-30(37)19-32(29)38)20-33(42)28-9-6-17-39(18-16-28)26(2)27-7-4-3-5-8-27/h3-5,7-8,10-15,19,26,28H,6,9,16-18,20-24H2,1-2H3,(H,43,44). The molecule has 0 radical (unpaired) electrons. The van der Waals surface area contributed by atoms with Gasteiger partial charge in [0, 0.05) is 59.2 Å². The molecule has 0 bridgehead atoms. The Morgan fingerprint density at radius 3 is 2.38 bits per heavy atom. The lowest BCUT2D eigenvalue weighted by Gasteiger charge is -2.47. The number of likely N-dealkylation sites (tertiary alicyclic amines) is 1. The number of carbonyl (C=O) groups is 3. The smallest absolute Gasteiger partial charge is 0.324 e. The van der Waals surface area contributed by atoms with Gasteiger partial charge in [0.05, 0.1) is 6.42 Å². The summed E-state index contributed by atoms with van der Waals surface area (Å²) < 4.78 is 0. The zero-order valence-electron chi connectivity index (χ0n) is 25.9. The van der Waals surface area contributed by atoms with E-state index in [4.69, 9.17) is 23.2 Å². The molecule has 2 aliphatic rings. The number of hydrogen-bond donors (Lipinski definition) is 1. The van der Waals surface area contributed by atoms with Crippen LogP contribution in [0.3, 0.4) is 0 Å². The molecule has 5 rings (SSSR count). The van der Waals surface area contributed by atoms with Crippen LogP contribution in [-0.2, 0) is 16.1 Å². The van der Waals surface area contributed by atoms with E-state index in [-0.39, 0.29) is 56.3 Å². The number of rotatable bonds is 10. The number of nitrogens with zero attached hydrogens (tertiary/aromatic N) is 3. The lowest BCUT2D eigenvalue weighted by Crippen LogP contribution is -2.59. The second-order valence-corrected chi connectivity index (χ2v) is 13.6. The molecule has 0 aromatic heterocycles. The minimum absolute atomic E-state index is 0.0770. The van der Waals surface area contributed by atoms with E-state index in [0.29, 0.717) is 21.3 Å². The van der Waals surface area contributed by atoms with Crippen LogP contribution in [0.4, 0.5) is 10.5 Å². The van der Waals surface area contributed by atoms with Gasteiger partial charge in [-0.2, -0.15) is 0 Å². The second kappa shape index (κ2) is 14.4. The molecule has 3 unspecified atom stereocenters. The molecule has 3 aromatic carbocycles. The van der Waals surface area contributed by atoms with Crippen LogP contribution in [0.2, 0.25) is 10.0 Å². The normalized spacial score (nSPS) is 21.8. The summed E-state index contributed by atoms with van der Waals surface area (Å²) >= 11 is 12.6. The van der Waals surface area contributed by atoms with Crippen molar-refractivity contribution in [1.82, 2.24) is 9.80 Å². The number of amides is 2. The fraction of sp³-hybridized carbons (Fsp3) is 0.417. The first kappa shape index (κ1) is 33.0. The van der Waals surface area contributed by atoms with Crippen molar-refractivity contribution in [3.8, 4) is 0 Å². The molecule has 1 N–H and O–H groups in total. The van der Waals surface area contributed by atoms with Crippen LogP contribution >= 0.6 is 23.2 Å².